The molecule has 2 aromatic carbocycles. The number of para-hydroxylation sites is 1. The largest absolute Gasteiger partial charge is 0.449 e. The van der Waals surface area contributed by atoms with Crippen LogP contribution in [0.25, 0.3) is 0 Å². The molecule has 3 amide bonds. The highest BCUT2D eigenvalue weighted by atomic mass is 19.3. The van der Waals surface area contributed by atoms with Crippen molar-refractivity contribution in [2.45, 2.75) is 26.2 Å². The number of benzene rings is 2. The van der Waals surface area contributed by atoms with Gasteiger partial charge in [0, 0.05) is 6.54 Å². The highest BCUT2D eigenvalue weighted by molar-refractivity contribution is 5.99. The smallest absolute Gasteiger partial charge is 0.387 e. The Balaban J connectivity index is 1.88. The number of amides is 3. The molecule has 2 rings (SSSR count). The van der Waals surface area contributed by atoms with Crippen LogP contribution in [-0.4, -0.2) is 30.6 Å². The number of hydrogen-bond donors (Lipinski definition) is 2. The van der Waals surface area contributed by atoms with Crippen molar-refractivity contribution in [3.8, 4) is 5.75 Å². The first-order chi connectivity index (χ1) is 13.4. The van der Waals surface area contributed by atoms with Crippen LogP contribution >= 0.6 is 0 Å². The Morgan fingerprint density at radius 1 is 1.00 bits per heavy atom. The first-order valence-corrected chi connectivity index (χ1v) is 8.24. The van der Waals surface area contributed by atoms with Crippen LogP contribution in [0.3, 0.4) is 0 Å². The third-order valence-electron chi connectivity index (χ3n) is 3.51. The molecule has 0 unspecified atom stereocenters. The Hall–Kier alpha value is -3.49. The first-order valence-electron chi connectivity index (χ1n) is 8.24. The maximum atomic E-state index is 12.4. The Morgan fingerprint density at radius 3 is 2.32 bits per heavy atom. The number of nitrogens with one attached hydrogen (secondary N) is 2. The fraction of sp³-hybridized carbons (Fsp3) is 0.211. The highest BCUT2D eigenvalue weighted by Gasteiger charge is 2.23. The predicted molar refractivity (Wildman–Crippen MR) is 94.8 cm³/mol. The van der Waals surface area contributed by atoms with Crippen molar-refractivity contribution in [1.29, 1.82) is 0 Å². The summed E-state index contributed by atoms with van der Waals surface area (Å²) >= 11 is 0. The van der Waals surface area contributed by atoms with E-state index in [9.17, 15) is 23.2 Å². The number of carbonyl (C=O) groups excluding carboxylic acids is 3. The van der Waals surface area contributed by atoms with E-state index >= 15 is 0 Å². The number of halogens is 2. The minimum atomic E-state index is -3.12. The molecule has 2 N–H and O–H groups in total. The van der Waals surface area contributed by atoms with Crippen LogP contribution in [0.2, 0.25) is 0 Å². The van der Waals surface area contributed by atoms with Crippen molar-refractivity contribution in [2.75, 3.05) is 0 Å². The van der Waals surface area contributed by atoms with Crippen molar-refractivity contribution in [3.63, 3.8) is 0 Å². The molecule has 0 aliphatic rings. The third-order valence-corrected chi connectivity index (χ3v) is 3.51. The number of imide groups is 1. The number of esters is 1. The minimum absolute atomic E-state index is 0.201. The fourth-order valence-corrected chi connectivity index (χ4v) is 2.15. The SMILES string of the molecule is C[C@@H](OC(=O)c1ccccc1OC(F)F)C(=O)NC(=O)NCc1ccccc1. The lowest BCUT2D eigenvalue weighted by Gasteiger charge is -2.15. The van der Waals surface area contributed by atoms with E-state index < -0.39 is 30.6 Å². The summed E-state index contributed by atoms with van der Waals surface area (Å²) < 4.78 is 34.0. The van der Waals surface area contributed by atoms with E-state index in [1.807, 2.05) is 11.4 Å². The predicted octanol–water partition coefficient (Wildman–Crippen LogP) is 2.86. The Bertz CT molecular complexity index is 830. The third kappa shape index (κ3) is 6.35. The van der Waals surface area contributed by atoms with Crippen LogP contribution < -0.4 is 15.4 Å². The van der Waals surface area contributed by atoms with Crippen molar-refractivity contribution in [3.05, 3.63) is 65.7 Å². The zero-order chi connectivity index (χ0) is 20.5. The molecule has 148 valence electrons. The number of ether oxygens (including phenoxy) is 2. The standard InChI is InChI=1S/C19H18F2N2O5/c1-12(16(24)23-19(26)22-11-13-7-3-2-4-8-13)27-17(25)14-9-5-6-10-15(14)28-18(20)21/h2-10,12,18H,11H2,1H3,(H2,22,23,24,26)/t12-/m1/s1. The molecule has 0 heterocycles. The van der Waals surface area contributed by atoms with Gasteiger partial charge in [-0.2, -0.15) is 8.78 Å². The van der Waals surface area contributed by atoms with E-state index in [1.165, 1.54) is 31.2 Å². The van der Waals surface area contributed by atoms with Gasteiger partial charge < -0.3 is 14.8 Å². The molecule has 0 saturated carbocycles. The Labute approximate surface area is 159 Å². The lowest BCUT2D eigenvalue weighted by Crippen LogP contribution is -2.44. The summed E-state index contributed by atoms with van der Waals surface area (Å²) in [6.07, 6.45) is -1.34. The molecule has 0 fully saturated rings. The second kappa shape index (κ2) is 10.0. The van der Waals surface area contributed by atoms with Crippen molar-refractivity contribution in [2.24, 2.45) is 0 Å². The summed E-state index contributed by atoms with van der Waals surface area (Å²) in [7, 11) is 0. The summed E-state index contributed by atoms with van der Waals surface area (Å²) in [5.41, 5.74) is 0.566. The van der Waals surface area contributed by atoms with Gasteiger partial charge in [-0.15, -0.1) is 0 Å². The van der Waals surface area contributed by atoms with Gasteiger partial charge in [-0.3, -0.25) is 10.1 Å². The maximum absolute atomic E-state index is 12.4. The minimum Gasteiger partial charge on any atom is -0.449 e. The summed E-state index contributed by atoms with van der Waals surface area (Å²) in [5, 5.41) is 4.52. The molecule has 1 atom stereocenters. The molecule has 0 spiro atoms. The molecular weight excluding hydrogens is 374 g/mol. The van der Waals surface area contributed by atoms with Crippen LogP contribution in [-0.2, 0) is 16.1 Å². The number of urea groups is 1. The van der Waals surface area contributed by atoms with Gasteiger partial charge in [0.25, 0.3) is 5.91 Å². The topological polar surface area (TPSA) is 93.7 Å². The molecule has 0 radical (unpaired) electrons. The number of alkyl halides is 2. The van der Waals surface area contributed by atoms with E-state index in [-0.39, 0.29) is 17.9 Å². The zero-order valence-corrected chi connectivity index (χ0v) is 14.9. The first kappa shape index (κ1) is 20.8. The second-order valence-electron chi connectivity index (χ2n) is 5.58. The molecule has 0 saturated heterocycles. The highest BCUT2D eigenvalue weighted by Crippen LogP contribution is 2.21. The van der Waals surface area contributed by atoms with Crippen LogP contribution in [0.1, 0.15) is 22.8 Å². The van der Waals surface area contributed by atoms with Gasteiger partial charge in [-0.25, -0.2) is 9.59 Å². The van der Waals surface area contributed by atoms with Gasteiger partial charge in [0.15, 0.2) is 6.10 Å². The molecule has 9 heteroatoms. The number of carbonyl (C=O) groups is 3. The van der Waals surface area contributed by atoms with Gasteiger partial charge in [0.05, 0.1) is 0 Å². The van der Waals surface area contributed by atoms with Gasteiger partial charge in [0.2, 0.25) is 0 Å². The van der Waals surface area contributed by atoms with Gasteiger partial charge in [-0.1, -0.05) is 42.5 Å². The molecule has 0 aromatic heterocycles. The molecule has 0 aliphatic heterocycles. The summed E-state index contributed by atoms with van der Waals surface area (Å²) in [4.78, 5) is 35.9. The molecular formula is C19H18F2N2O5. The number of hydrogen-bond acceptors (Lipinski definition) is 5. The van der Waals surface area contributed by atoms with Crippen molar-refractivity contribution in [1.82, 2.24) is 10.6 Å². The zero-order valence-electron chi connectivity index (χ0n) is 14.9. The monoisotopic (exact) mass is 392 g/mol. The van der Waals surface area contributed by atoms with Crippen LogP contribution in [0, 0.1) is 0 Å². The van der Waals surface area contributed by atoms with E-state index in [4.69, 9.17) is 4.74 Å². The van der Waals surface area contributed by atoms with Gasteiger partial charge in [0.1, 0.15) is 11.3 Å². The van der Waals surface area contributed by atoms with Gasteiger partial charge in [-0.05, 0) is 24.6 Å². The summed E-state index contributed by atoms with van der Waals surface area (Å²) in [6, 6.07) is 13.5. The van der Waals surface area contributed by atoms with Crippen LogP contribution in [0.5, 0.6) is 5.75 Å². The Kier molecular flexibility index (Phi) is 7.44. The number of rotatable bonds is 7. The molecule has 28 heavy (non-hydrogen) atoms. The molecule has 0 aliphatic carbocycles. The van der Waals surface area contributed by atoms with E-state index in [0.717, 1.165) is 5.56 Å². The van der Waals surface area contributed by atoms with E-state index in [2.05, 4.69) is 10.1 Å². The quantitative estimate of drug-likeness (QED) is 0.707. The van der Waals surface area contributed by atoms with E-state index in [0.29, 0.717) is 0 Å². The average Bonchev–Trinajstić information content (AvgIpc) is 2.67. The molecule has 2 aromatic rings. The van der Waals surface area contributed by atoms with Crippen LogP contribution in [0.15, 0.2) is 54.6 Å². The van der Waals surface area contributed by atoms with Crippen molar-refractivity contribution >= 4 is 17.9 Å². The summed E-state index contributed by atoms with van der Waals surface area (Å²) in [6.45, 7) is -1.68. The Morgan fingerprint density at radius 2 is 1.64 bits per heavy atom. The average molecular weight is 392 g/mol. The lowest BCUT2D eigenvalue weighted by atomic mass is 10.2. The van der Waals surface area contributed by atoms with Crippen molar-refractivity contribution < 1.29 is 32.6 Å². The molecule has 7 nitrogen and oxygen atoms in total. The van der Waals surface area contributed by atoms with Gasteiger partial charge >= 0.3 is 18.6 Å². The fourth-order valence-electron chi connectivity index (χ4n) is 2.15. The van der Waals surface area contributed by atoms with Crippen LogP contribution in [0.4, 0.5) is 13.6 Å². The normalized spacial score (nSPS) is 11.4. The lowest BCUT2D eigenvalue weighted by molar-refractivity contribution is -0.128. The second-order valence-corrected chi connectivity index (χ2v) is 5.58. The van der Waals surface area contributed by atoms with E-state index in [1.54, 1.807) is 24.3 Å². The molecule has 0 bridgehead atoms. The summed E-state index contributed by atoms with van der Waals surface area (Å²) in [5.74, 6) is -2.29. The maximum Gasteiger partial charge on any atom is 0.387 e.